The Morgan fingerprint density at radius 3 is 2.94 bits per heavy atom. The standard InChI is InChI=1S/C11H16N4O/c1-8-13-10-9(4-5-12-10)11(14-8)16-7-6-15(2)3/h4-5H,6-7H2,1-3H3,(H,12,13,14). The zero-order chi connectivity index (χ0) is 11.5. The molecule has 0 aliphatic rings. The van der Waals surface area contributed by atoms with Crippen LogP contribution in [0.4, 0.5) is 0 Å². The normalized spacial score (nSPS) is 11.2. The largest absolute Gasteiger partial charge is 0.476 e. The smallest absolute Gasteiger partial charge is 0.226 e. The second-order valence-corrected chi connectivity index (χ2v) is 3.97. The van der Waals surface area contributed by atoms with Gasteiger partial charge in [0.1, 0.15) is 18.1 Å². The lowest BCUT2D eigenvalue weighted by molar-refractivity contribution is 0.256. The Morgan fingerprint density at radius 1 is 1.38 bits per heavy atom. The molecule has 0 atom stereocenters. The Kier molecular flexibility index (Phi) is 3.05. The second kappa shape index (κ2) is 4.49. The highest BCUT2D eigenvalue weighted by molar-refractivity contribution is 5.80. The first-order chi connectivity index (χ1) is 7.66. The van der Waals surface area contributed by atoms with Crippen LogP contribution in [0.2, 0.25) is 0 Å². The van der Waals surface area contributed by atoms with Crippen molar-refractivity contribution in [3.05, 3.63) is 18.1 Å². The van der Waals surface area contributed by atoms with Crippen LogP contribution in [0.25, 0.3) is 11.0 Å². The summed E-state index contributed by atoms with van der Waals surface area (Å²) < 4.78 is 5.66. The van der Waals surface area contributed by atoms with Crippen LogP contribution < -0.4 is 4.74 Å². The molecular formula is C11H16N4O. The molecule has 2 rings (SSSR count). The van der Waals surface area contributed by atoms with Crippen LogP contribution in [-0.4, -0.2) is 47.1 Å². The van der Waals surface area contributed by atoms with Crippen LogP contribution in [0, 0.1) is 6.92 Å². The number of nitrogens with zero attached hydrogens (tertiary/aromatic N) is 3. The topological polar surface area (TPSA) is 54.0 Å². The Morgan fingerprint density at radius 2 is 2.19 bits per heavy atom. The van der Waals surface area contributed by atoms with Crippen molar-refractivity contribution in [1.29, 1.82) is 0 Å². The van der Waals surface area contributed by atoms with Crippen LogP contribution in [0.3, 0.4) is 0 Å². The number of hydrogen-bond acceptors (Lipinski definition) is 4. The molecule has 0 radical (unpaired) electrons. The van der Waals surface area contributed by atoms with Crippen molar-refractivity contribution >= 4 is 11.0 Å². The number of aryl methyl sites for hydroxylation is 1. The van der Waals surface area contributed by atoms with Crippen molar-refractivity contribution in [2.75, 3.05) is 27.2 Å². The van der Waals surface area contributed by atoms with Crippen molar-refractivity contribution in [2.24, 2.45) is 0 Å². The highest BCUT2D eigenvalue weighted by atomic mass is 16.5. The Bertz CT molecular complexity index is 478. The summed E-state index contributed by atoms with van der Waals surface area (Å²) in [6.45, 7) is 3.36. The molecular weight excluding hydrogens is 204 g/mol. The molecule has 1 N–H and O–H groups in total. The number of rotatable bonds is 4. The van der Waals surface area contributed by atoms with E-state index < -0.39 is 0 Å². The van der Waals surface area contributed by atoms with Crippen LogP contribution in [0.1, 0.15) is 5.82 Å². The number of aromatic amines is 1. The minimum atomic E-state index is 0.629. The fourth-order valence-electron chi connectivity index (χ4n) is 1.45. The van der Waals surface area contributed by atoms with Gasteiger partial charge in [-0.2, -0.15) is 4.98 Å². The SMILES string of the molecule is Cc1nc(OCCN(C)C)c2cc[nH]c2n1. The minimum Gasteiger partial charge on any atom is -0.476 e. The molecule has 0 aromatic carbocycles. The van der Waals surface area contributed by atoms with Gasteiger partial charge in [0.2, 0.25) is 5.88 Å². The Balaban J connectivity index is 2.19. The second-order valence-electron chi connectivity index (χ2n) is 3.97. The zero-order valence-electron chi connectivity index (χ0n) is 9.82. The van der Waals surface area contributed by atoms with E-state index in [0.29, 0.717) is 12.5 Å². The first-order valence-electron chi connectivity index (χ1n) is 5.26. The number of hydrogen-bond donors (Lipinski definition) is 1. The summed E-state index contributed by atoms with van der Waals surface area (Å²) in [5.74, 6) is 1.38. The number of ether oxygens (including phenoxy) is 1. The predicted molar refractivity (Wildman–Crippen MR) is 62.7 cm³/mol. The fourth-order valence-corrected chi connectivity index (χ4v) is 1.45. The maximum Gasteiger partial charge on any atom is 0.226 e. The highest BCUT2D eigenvalue weighted by Gasteiger charge is 2.07. The summed E-state index contributed by atoms with van der Waals surface area (Å²) in [7, 11) is 4.03. The average molecular weight is 220 g/mol. The molecule has 0 saturated carbocycles. The van der Waals surface area contributed by atoms with E-state index in [-0.39, 0.29) is 0 Å². The van der Waals surface area contributed by atoms with Crippen molar-refractivity contribution in [1.82, 2.24) is 19.9 Å². The predicted octanol–water partition coefficient (Wildman–Crippen LogP) is 1.21. The van der Waals surface area contributed by atoms with E-state index >= 15 is 0 Å². The molecule has 2 heterocycles. The van der Waals surface area contributed by atoms with Crippen molar-refractivity contribution in [3.8, 4) is 5.88 Å². The maximum absolute atomic E-state index is 5.66. The summed E-state index contributed by atoms with van der Waals surface area (Å²) >= 11 is 0. The zero-order valence-corrected chi connectivity index (χ0v) is 9.82. The molecule has 86 valence electrons. The number of aromatic nitrogens is 3. The highest BCUT2D eigenvalue weighted by Crippen LogP contribution is 2.20. The van der Waals surface area contributed by atoms with Gasteiger partial charge in [-0.05, 0) is 27.1 Å². The van der Waals surface area contributed by atoms with Crippen molar-refractivity contribution < 1.29 is 4.74 Å². The van der Waals surface area contributed by atoms with Gasteiger partial charge in [-0.3, -0.25) is 0 Å². The molecule has 16 heavy (non-hydrogen) atoms. The van der Waals surface area contributed by atoms with Gasteiger partial charge in [0, 0.05) is 12.7 Å². The van der Waals surface area contributed by atoms with Crippen molar-refractivity contribution in [2.45, 2.75) is 6.92 Å². The van der Waals surface area contributed by atoms with Gasteiger partial charge in [-0.1, -0.05) is 0 Å². The molecule has 0 spiro atoms. The van der Waals surface area contributed by atoms with E-state index in [0.717, 1.165) is 23.4 Å². The summed E-state index contributed by atoms with van der Waals surface area (Å²) in [5, 5.41) is 0.935. The molecule has 0 aliphatic carbocycles. The third-order valence-electron chi connectivity index (χ3n) is 2.27. The molecule has 0 amide bonds. The van der Waals surface area contributed by atoms with Gasteiger partial charge in [-0.15, -0.1) is 0 Å². The van der Waals surface area contributed by atoms with Gasteiger partial charge >= 0.3 is 0 Å². The first-order valence-corrected chi connectivity index (χ1v) is 5.26. The molecule has 0 fully saturated rings. The monoisotopic (exact) mass is 220 g/mol. The number of nitrogens with one attached hydrogen (secondary N) is 1. The Hall–Kier alpha value is -1.62. The minimum absolute atomic E-state index is 0.629. The first kappa shape index (κ1) is 10.9. The van der Waals surface area contributed by atoms with E-state index in [2.05, 4.69) is 19.9 Å². The third kappa shape index (κ3) is 2.30. The summed E-state index contributed by atoms with van der Waals surface area (Å²) in [4.78, 5) is 13.7. The van der Waals surface area contributed by atoms with Gasteiger partial charge in [0.25, 0.3) is 0 Å². The van der Waals surface area contributed by atoms with Gasteiger partial charge in [0.15, 0.2) is 0 Å². The van der Waals surface area contributed by atoms with Crippen LogP contribution in [-0.2, 0) is 0 Å². The lowest BCUT2D eigenvalue weighted by Crippen LogP contribution is -2.19. The lowest BCUT2D eigenvalue weighted by Gasteiger charge is -2.11. The molecule has 2 aromatic heterocycles. The van der Waals surface area contributed by atoms with E-state index in [1.165, 1.54) is 0 Å². The molecule has 5 heteroatoms. The molecule has 2 aromatic rings. The number of likely N-dealkylation sites (N-methyl/N-ethyl adjacent to an activating group) is 1. The average Bonchev–Trinajstić information content (AvgIpc) is 2.64. The summed E-state index contributed by atoms with van der Waals surface area (Å²) in [6, 6.07) is 1.93. The third-order valence-corrected chi connectivity index (χ3v) is 2.27. The van der Waals surface area contributed by atoms with Crippen LogP contribution in [0.5, 0.6) is 5.88 Å². The molecule has 0 bridgehead atoms. The lowest BCUT2D eigenvalue weighted by atomic mass is 10.4. The van der Waals surface area contributed by atoms with E-state index in [1.807, 2.05) is 33.3 Å². The summed E-state index contributed by atoms with van der Waals surface area (Å²) in [5.41, 5.74) is 0.826. The fraction of sp³-hybridized carbons (Fsp3) is 0.455. The molecule has 0 saturated heterocycles. The van der Waals surface area contributed by atoms with Crippen LogP contribution >= 0.6 is 0 Å². The van der Waals surface area contributed by atoms with E-state index in [9.17, 15) is 0 Å². The summed E-state index contributed by atoms with van der Waals surface area (Å²) in [6.07, 6.45) is 1.84. The van der Waals surface area contributed by atoms with Gasteiger partial charge in [0.05, 0.1) is 5.39 Å². The Labute approximate surface area is 94.5 Å². The van der Waals surface area contributed by atoms with Gasteiger partial charge in [-0.25, -0.2) is 4.98 Å². The van der Waals surface area contributed by atoms with E-state index in [1.54, 1.807) is 0 Å². The molecule has 5 nitrogen and oxygen atoms in total. The number of H-pyrrole nitrogens is 1. The van der Waals surface area contributed by atoms with Crippen LogP contribution in [0.15, 0.2) is 12.3 Å². The molecule has 0 aliphatic heterocycles. The quantitative estimate of drug-likeness (QED) is 0.841. The number of fused-ring (bicyclic) bond motifs is 1. The van der Waals surface area contributed by atoms with Gasteiger partial charge < -0.3 is 14.6 Å². The maximum atomic E-state index is 5.66. The van der Waals surface area contributed by atoms with Crippen molar-refractivity contribution in [3.63, 3.8) is 0 Å². The molecule has 0 unspecified atom stereocenters. The van der Waals surface area contributed by atoms with E-state index in [4.69, 9.17) is 4.74 Å².